The molecule has 5 nitrogen and oxygen atoms in total. The van der Waals surface area contributed by atoms with Crippen LogP contribution in [0.1, 0.15) is 18.1 Å². The molecule has 0 saturated carbocycles. The number of hydrogen-bond acceptors (Lipinski definition) is 3. The van der Waals surface area contributed by atoms with Gasteiger partial charge in [-0.05, 0) is 50.7 Å². The van der Waals surface area contributed by atoms with Crippen LogP contribution in [0.4, 0.5) is 0 Å². The van der Waals surface area contributed by atoms with E-state index in [1.54, 1.807) is 7.11 Å². The molecule has 0 saturated heterocycles. The van der Waals surface area contributed by atoms with Crippen LogP contribution in [0.3, 0.4) is 0 Å². The number of ether oxygens (including phenoxy) is 1. The van der Waals surface area contributed by atoms with Crippen molar-refractivity contribution in [2.24, 2.45) is 4.99 Å². The third kappa shape index (κ3) is 7.31. The molecular formula is C22H32N4O. The molecule has 0 aliphatic rings. The molecule has 5 heteroatoms. The van der Waals surface area contributed by atoms with Gasteiger partial charge in [0.15, 0.2) is 5.96 Å². The summed E-state index contributed by atoms with van der Waals surface area (Å²) in [6.45, 7) is 4.34. The number of hydrogen-bond donors (Lipinski definition) is 2. The van der Waals surface area contributed by atoms with Gasteiger partial charge >= 0.3 is 0 Å². The van der Waals surface area contributed by atoms with Gasteiger partial charge in [-0.3, -0.25) is 0 Å². The van der Waals surface area contributed by atoms with Crippen LogP contribution in [0.2, 0.25) is 0 Å². The van der Waals surface area contributed by atoms with Gasteiger partial charge in [0, 0.05) is 19.1 Å². The van der Waals surface area contributed by atoms with Gasteiger partial charge in [0.25, 0.3) is 0 Å². The summed E-state index contributed by atoms with van der Waals surface area (Å²) in [6, 6.07) is 19.0. The summed E-state index contributed by atoms with van der Waals surface area (Å²) in [4.78, 5) is 6.97. The van der Waals surface area contributed by atoms with Gasteiger partial charge in [0.1, 0.15) is 5.75 Å². The first-order valence-corrected chi connectivity index (χ1v) is 9.47. The first-order chi connectivity index (χ1) is 13.1. The largest absolute Gasteiger partial charge is 0.497 e. The second kappa shape index (κ2) is 11.2. The minimum Gasteiger partial charge on any atom is -0.497 e. The molecule has 0 aromatic heterocycles. The Hall–Kier alpha value is -2.53. The fourth-order valence-electron chi connectivity index (χ4n) is 2.82. The van der Waals surface area contributed by atoms with Gasteiger partial charge in [0.2, 0.25) is 0 Å². The Kier molecular flexibility index (Phi) is 8.65. The summed E-state index contributed by atoms with van der Waals surface area (Å²) in [7, 11) is 5.92. The number of nitrogens with one attached hydrogen (secondary N) is 2. The first-order valence-electron chi connectivity index (χ1n) is 9.47. The molecule has 0 heterocycles. The molecule has 0 spiro atoms. The number of guanidine groups is 1. The highest BCUT2D eigenvalue weighted by Crippen LogP contribution is 2.13. The average Bonchev–Trinajstić information content (AvgIpc) is 2.69. The second-order valence-corrected chi connectivity index (χ2v) is 6.73. The van der Waals surface area contributed by atoms with E-state index in [0.717, 1.165) is 36.8 Å². The number of aliphatic imine (C=N–C) groups is 1. The van der Waals surface area contributed by atoms with Gasteiger partial charge in [-0.2, -0.15) is 0 Å². The number of benzene rings is 2. The third-order valence-corrected chi connectivity index (χ3v) is 4.45. The fourth-order valence-corrected chi connectivity index (χ4v) is 2.82. The third-order valence-electron chi connectivity index (χ3n) is 4.45. The smallest absolute Gasteiger partial charge is 0.191 e. The maximum absolute atomic E-state index is 5.29. The van der Waals surface area contributed by atoms with Crippen molar-refractivity contribution in [3.8, 4) is 5.75 Å². The quantitative estimate of drug-likeness (QED) is 0.528. The number of rotatable bonds is 9. The van der Waals surface area contributed by atoms with Crippen LogP contribution in [-0.2, 0) is 13.0 Å². The lowest BCUT2D eigenvalue weighted by Crippen LogP contribution is -2.46. The van der Waals surface area contributed by atoms with Gasteiger partial charge in [-0.25, -0.2) is 4.99 Å². The molecule has 0 amide bonds. The second-order valence-electron chi connectivity index (χ2n) is 6.73. The van der Waals surface area contributed by atoms with Crippen LogP contribution >= 0.6 is 0 Å². The molecule has 1 unspecified atom stereocenters. The highest BCUT2D eigenvalue weighted by Gasteiger charge is 2.13. The van der Waals surface area contributed by atoms with Crippen molar-refractivity contribution in [1.82, 2.24) is 15.5 Å². The molecule has 0 aliphatic heterocycles. The highest BCUT2D eigenvalue weighted by molar-refractivity contribution is 5.79. The molecule has 0 fully saturated rings. The van der Waals surface area contributed by atoms with E-state index in [0.29, 0.717) is 12.6 Å². The predicted octanol–water partition coefficient (Wildman–Crippen LogP) is 2.92. The maximum atomic E-state index is 5.29. The lowest BCUT2D eigenvalue weighted by molar-refractivity contribution is 0.290. The summed E-state index contributed by atoms with van der Waals surface area (Å²) < 4.78 is 5.29. The van der Waals surface area contributed by atoms with Crippen LogP contribution in [0.5, 0.6) is 5.75 Å². The molecule has 0 aliphatic carbocycles. The van der Waals surface area contributed by atoms with Gasteiger partial charge < -0.3 is 20.3 Å². The van der Waals surface area contributed by atoms with E-state index in [1.165, 1.54) is 5.56 Å². The SMILES string of the molecule is CCNC(=NCc1cccc(OC)c1)NCC(Cc1ccccc1)N(C)C. The lowest BCUT2D eigenvalue weighted by Gasteiger charge is -2.25. The average molecular weight is 369 g/mol. The van der Waals surface area contributed by atoms with Crippen molar-refractivity contribution in [1.29, 1.82) is 0 Å². The minimum atomic E-state index is 0.382. The topological polar surface area (TPSA) is 48.9 Å². The molecule has 2 N–H and O–H groups in total. The van der Waals surface area contributed by atoms with Crippen molar-refractivity contribution in [2.75, 3.05) is 34.3 Å². The fraction of sp³-hybridized carbons (Fsp3) is 0.409. The Bertz CT molecular complexity index is 700. The van der Waals surface area contributed by atoms with Crippen LogP contribution in [0.25, 0.3) is 0 Å². The van der Waals surface area contributed by atoms with Crippen molar-refractivity contribution in [3.63, 3.8) is 0 Å². The zero-order valence-electron chi connectivity index (χ0n) is 16.9. The van der Waals surface area contributed by atoms with E-state index in [1.807, 2.05) is 18.2 Å². The maximum Gasteiger partial charge on any atom is 0.191 e. The van der Waals surface area contributed by atoms with Crippen molar-refractivity contribution >= 4 is 5.96 Å². The van der Waals surface area contributed by atoms with Crippen LogP contribution in [0, 0.1) is 0 Å². The van der Waals surface area contributed by atoms with Gasteiger partial charge in [-0.1, -0.05) is 42.5 Å². The first kappa shape index (κ1) is 20.8. The zero-order chi connectivity index (χ0) is 19.5. The summed E-state index contributed by atoms with van der Waals surface area (Å²) in [6.07, 6.45) is 0.996. The molecule has 27 heavy (non-hydrogen) atoms. The number of nitrogens with zero attached hydrogens (tertiary/aromatic N) is 2. The molecule has 2 rings (SSSR count). The molecule has 2 aromatic rings. The van der Waals surface area contributed by atoms with E-state index >= 15 is 0 Å². The summed E-state index contributed by atoms with van der Waals surface area (Å²) in [5.41, 5.74) is 2.47. The standard InChI is InChI=1S/C22H32N4O/c1-5-23-22(24-16-19-12-9-13-21(15-19)27-4)25-17-20(26(2)3)14-18-10-7-6-8-11-18/h6-13,15,20H,5,14,16-17H2,1-4H3,(H2,23,24,25). The minimum absolute atomic E-state index is 0.382. The van der Waals surface area contributed by atoms with Crippen molar-refractivity contribution in [2.45, 2.75) is 25.9 Å². The summed E-state index contributed by atoms with van der Waals surface area (Å²) in [5.74, 6) is 1.69. The molecule has 0 bridgehead atoms. The van der Waals surface area contributed by atoms with E-state index in [2.05, 4.69) is 73.0 Å². The van der Waals surface area contributed by atoms with Crippen molar-refractivity contribution in [3.05, 3.63) is 65.7 Å². The van der Waals surface area contributed by atoms with Gasteiger partial charge in [-0.15, -0.1) is 0 Å². The number of methoxy groups -OCH3 is 1. The normalized spacial score (nSPS) is 12.7. The predicted molar refractivity (Wildman–Crippen MR) is 113 cm³/mol. The Morgan fingerprint density at radius 3 is 2.44 bits per heavy atom. The van der Waals surface area contributed by atoms with Crippen LogP contribution in [-0.4, -0.2) is 51.2 Å². The van der Waals surface area contributed by atoms with E-state index < -0.39 is 0 Å². The van der Waals surface area contributed by atoms with Crippen molar-refractivity contribution < 1.29 is 4.74 Å². The Labute approximate surface area is 163 Å². The molecular weight excluding hydrogens is 336 g/mol. The van der Waals surface area contributed by atoms with E-state index in [9.17, 15) is 0 Å². The Morgan fingerprint density at radius 1 is 1.04 bits per heavy atom. The molecule has 2 aromatic carbocycles. The molecule has 1 atom stereocenters. The van der Waals surface area contributed by atoms with Crippen LogP contribution < -0.4 is 15.4 Å². The van der Waals surface area contributed by atoms with Crippen LogP contribution in [0.15, 0.2) is 59.6 Å². The Morgan fingerprint density at radius 2 is 1.78 bits per heavy atom. The zero-order valence-corrected chi connectivity index (χ0v) is 16.9. The molecule has 0 radical (unpaired) electrons. The lowest BCUT2D eigenvalue weighted by atomic mass is 10.1. The highest BCUT2D eigenvalue weighted by atomic mass is 16.5. The Balaban J connectivity index is 1.98. The summed E-state index contributed by atoms with van der Waals surface area (Å²) >= 11 is 0. The van der Waals surface area contributed by atoms with E-state index in [4.69, 9.17) is 9.73 Å². The summed E-state index contributed by atoms with van der Waals surface area (Å²) in [5, 5.41) is 6.82. The monoisotopic (exact) mass is 368 g/mol. The van der Waals surface area contributed by atoms with E-state index in [-0.39, 0.29) is 0 Å². The number of likely N-dealkylation sites (N-methyl/N-ethyl adjacent to an activating group) is 1. The molecule has 146 valence electrons. The van der Waals surface area contributed by atoms with Gasteiger partial charge in [0.05, 0.1) is 13.7 Å².